The van der Waals surface area contributed by atoms with Crippen LogP contribution in [0.15, 0.2) is 30.3 Å². The van der Waals surface area contributed by atoms with Crippen molar-refractivity contribution in [2.75, 3.05) is 57.8 Å². The van der Waals surface area contributed by atoms with Gasteiger partial charge in [0, 0.05) is 64.0 Å². The van der Waals surface area contributed by atoms with Crippen LogP contribution in [0.1, 0.15) is 6.42 Å². The van der Waals surface area contributed by atoms with Gasteiger partial charge >= 0.3 is 0 Å². The Hall–Kier alpha value is -1.92. The van der Waals surface area contributed by atoms with Crippen LogP contribution in [0.25, 0.3) is 0 Å². The van der Waals surface area contributed by atoms with Gasteiger partial charge in [0.2, 0.25) is 11.8 Å². The maximum atomic E-state index is 12.8. The van der Waals surface area contributed by atoms with Gasteiger partial charge in [0.15, 0.2) is 0 Å². The second-order valence-corrected chi connectivity index (χ2v) is 7.48. The third-order valence-electron chi connectivity index (χ3n) is 5.77. The van der Waals surface area contributed by atoms with E-state index in [-0.39, 0.29) is 17.7 Å². The Morgan fingerprint density at radius 3 is 2.36 bits per heavy atom. The monoisotopic (exact) mass is 342 g/mol. The Labute approximate surface area is 149 Å². The predicted octanol–water partition coefficient (Wildman–Crippen LogP) is 0.498. The van der Waals surface area contributed by atoms with E-state index in [1.54, 1.807) is 4.90 Å². The first-order chi connectivity index (χ1) is 12.1. The SMILES string of the molecule is CN1CCN(C2CN(C(=O)C3CC(=O)N(c4ccccc4)C3)C2)CC1. The summed E-state index contributed by atoms with van der Waals surface area (Å²) in [5.41, 5.74) is 0.890. The number of carbonyl (C=O) groups is 2. The Morgan fingerprint density at radius 1 is 1.00 bits per heavy atom. The summed E-state index contributed by atoms with van der Waals surface area (Å²) in [5.74, 6) is 0.0130. The van der Waals surface area contributed by atoms with Crippen molar-refractivity contribution in [1.82, 2.24) is 14.7 Å². The molecule has 0 aliphatic carbocycles. The zero-order valence-corrected chi connectivity index (χ0v) is 14.8. The van der Waals surface area contributed by atoms with Crippen LogP contribution in [0.3, 0.4) is 0 Å². The zero-order chi connectivity index (χ0) is 17.4. The lowest BCUT2D eigenvalue weighted by Crippen LogP contribution is -2.64. The highest BCUT2D eigenvalue weighted by Gasteiger charge is 2.42. The number of likely N-dealkylation sites (tertiary alicyclic amines) is 1. The third-order valence-corrected chi connectivity index (χ3v) is 5.77. The first-order valence-electron chi connectivity index (χ1n) is 9.18. The summed E-state index contributed by atoms with van der Waals surface area (Å²) in [6.07, 6.45) is 0.337. The molecule has 2 amide bonds. The second-order valence-electron chi connectivity index (χ2n) is 7.48. The maximum Gasteiger partial charge on any atom is 0.228 e. The van der Waals surface area contributed by atoms with Crippen LogP contribution in [0.2, 0.25) is 0 Å². The molecule has 3 fully saturated rings. The number of para-hydroxylation sites is 1. The van der Waals surface area contributed by atoms with Crippen LogP contribution in [-0.2, 0) is 9.59 Å². The highest BCUT2D eigenvalue weighted by atomic mass is 16.2. The molecule has 3 heterocycles. The highest BCUT2D eigenvalue weighted by molar-refractivity contribution is 6.00. The molecule has 1 aromatic carbocycles. The van der Waals surface area contributed by atoms with E-state index >= 15 is 0 Å². The van der Waals surface area contributed by atoms with Crippen molar-refractivity contribution in [3.8, 4) is 0 Å². The summed E-state index contributed by atoms with van der Waals surface area (Å²) in [7, 11) is 2.16. The number of likely N-dealkylation sites (N-methyl/N-ethyl adjacent to an activating group) is 1. The lowest BCUT2D eigenvalue weighted by atomic mass is 10.0. The van der Waals surface area contributed by atoms with E-state index in [2.05, 4.69) is 16.8 Å². The fraction of sp³-hybridized carbons (Fsp3) is 0.579. The number of piperazine rings is 1. The lowest BCUT2D eigenvalue weighted by Gasteiger charge is -2.48. The standard InChI is InChI=1S/C19H26N4O2/c1-20-7-9-21(10-8-20)17-13-22(14-17)19(25)15-11-18(24)23(12-15)16-5-3-2-4-6-16/h2-6,15,17H,7-14H2,1H3. The minimum absolute atomic E-state index is 0.0562. The lowest BCUT2D eigenvalue weighted by molar-refractivity contribution is -0.143. The molecular weight excluding hydrogens is 316 g/mol. The molecule has 0 aromatic heterocycles. The summed E-state index contributed by atoms with van der Waals surface area (Å²) >= 11 is 0. The van der Waals surface area contributed by atoms with Gasteiger partial charge < -0.3 is 14.7 Å². The van der Waals surface area contributed by atoms with Gasteiger partial charge in [-0.3, -0.25) is 14.5 Å². The molecule has 0 bridgehead atoms. The molecule has 3 saturated heterocycles. The molecule has 0 N–H and O–H groups in total. The number of carbonyl (C=O) groups excluding carboxylic acids is 2. The molecule has 0 radical (unpaired) electrons. The van der Waals surface area contributed by atoms with Crippen LogP contribution in [-0.4, -0.2) is 85.4 Å². The molecule has 3 aliphatic rings. The molecule has 25 heavy (non-hydrogen) atoms. The van der Waals surface area contributed by atoms with Gasteiger partial charge in [-0.05, 0) is 19.2 Å². The number of hydrogen-bond donors (Lipinski definition) is 0. The first-order valence-corrected chi connectivity index (χ1v) is 9.18. The van der Waals surface area contributed by atoms with Crippen LogP contribution >= 0.6 is 0 Å². The summed E-state index contributed by atoms with van der Waals surface area (Å²) in [4.78, 5) is 33.6. The summed E-state index contributed by atoms with van der Waals surface area (Å²) < 4.78 is 0. The van der Waals surface area contributed by atoms with Gasteiger partial charge in [-0.1, -0.05) is 18.2 Å². The van der Waals surface area contributed by atoms with Gasteiger partial charge in [-0.15, -0.1) is 0 Å². The normalized spacial score (nSPS) is 26.1. The Kier molecular flexibility index (Phi) is 4.48. The number of anilines is 1. The average molecular weight is 342 g/mol. The van der Waals surface area contributed by atoms with Crippen LogP contribution in [0.5, 0.6) is 0 Å². The molecular formula is C19H26N4O2. The molecule has 0 saturated carbocycles. The van der Waals surface area contributed by atoms with Gasteiger partial charge in [0.05, 0.1) is 5.92 Å². The van der Waals surface area contributed by atoms with Gasteiger partial charge in [-0.2, -0.15) is 0 Å². The summed E-state index contributed by atoms with van der Waals surface area (Å²) in [5, 5.41) is 0. The third kappa shape index (κ3) is 3.28. The molecule has 0 spiro atoms. The second kappa shape index (κ2) is 6.77. The van der Waals surface area contributed by atoms with Crippen molar-refractivity contribution in [2.45, 2.75) is 12.5 Å². The van der Waals surface area contributed by atoms with Crippen LogP contribution in [0.4, 0.5) is 5.69 Å². The van der Waals surface area contributed by atoms with E-state index in [1.807, 2.05) is 35.2 Å². The number of rotatable bonds is 3. The van der Waals surface area contributed by atoms with Crippen LogP contribution in [0, 0.1) is 5.92 Å². The number of nitrogens with zero attached hydrogens (tertiary/aromatic N) is 4. The Bertz CT molecular complexity index is 636. The maximum absolute atomic E-state index is 12.8. The number of amides is 2. The van der Waals surface area contributed by atoms with Crippen molar-refractivity contribution >= 4 is 17.5 Å². The van der Waals surface area contributed by atoms with Crippen LogP contribution < -0.4 is 4.90 Å². The molecule has 3 aliphatic heterocycles. The quantitative estimate of drug-likeness (QED) is 0.803. The zero-order valence-electron chi connectivity index (χ0n) is 14.8. The molecule has 6 nitrogen and oxygen atoms in total. The number of hydrogen-bond acceptors (Lipinski definition) is 4. The van der Waals surface area contributed by atoms with E-state index in [1.165, 1.54) is 0 Å². The smallest absolute Gasteiger partial charge is 0.228 e. The first kappa shape index (κ1) is 16.5. The summed E-state index contributed by atoms with van der Waals surface area (Å²) in [6, 6.07) is 10.1. The van der Waals surface area contributed by atoms with E-state index in [0.29, 0.717) is 19.0 Å². The molecule has 4 rings (SSSR count). The Morgan fingerprint density at radius 2 is 1.68 bits per heavy atom. The fourth-order valence-electron chi connectivity index (χ4n) is 4.04. The van der Waals surface area contributed by atoms with Crippen molar-refractivity contribution in [1.29, 1.82) is 0 Å². The largest absolute Gasteiger partial charge is 0.339 e. The van der Waals surface area contributed by atoms with Crippen molar-refractivity contribution in [3.63, 3.8) is 0 Å². The fourth-order valence-corrected chi connectivity index (χ4v) is 4.04. The van der Waals surface area contributed by atoms with E-state index in [9.17, 15) is 9.59 Å². The van der Waals surface area contributed by atoms with E-state index in [4.69, 9.17) is 0 Å². The molecule has 1 atom stereocenters. The highest BCUT2D eigenvalue weighted by Crippen LogP contribution is 2.28. The topological polar surface area (TPSA) is 47.1 Å². The van der Waals surface area contributed by atoms with Gasteiger partial charge in [-0.25, -0.2) is 0 Å². The molecule has 6 heteroatoms. The molecule has 1 unspecified atom stereocenters. The van der Waals surface area contributed by atoms with Gasteiger partial charge in [0.25, 0.3) is 0 Å². The van der Waals surface area contributed by atoms with Gasteiger partial charge in [0.1, 0.15) is 0 Å². The summed E-state index contributed by atoms with van der Waals surface area (Å²) in [6.45, 7) is 6.54. The minimum Gasteiger partial charge on any atom is -0.339 e. The van der Waals surface area contributed by atoms with E-state index in [0.717, 1.165) is 45.0 Å². The molecule has 1 aromatic rings. The number of benzene rings is 1. The predicted molar refractivity (Wildman–Crippen MR) is 96.3 cm³/mol. The Balaban J connectivity index is 1.30. The van der Waals surface area contributed by atoms with Crippen molar-refractivity contribution in [2.24, 2.45) is 5.92 Å². The van der Waals surface area contributed by atoms with E-state index < -0.39 is 0 Å². The minimum atomic E-state index is -0.193. The molecule has 134 valence electrons. The van der Waals surface area contributed by atoms with Crippen molar-refractivity contribution in [3.05, 3.63) is 30.3 Å². The van der Waals surface area contributed by atoms with Crippen molar-refractivity contribution < 1.29 is 9.59 Å². The average Bonchev–Trinajstić information content (AvgIpc) is 2.98.